The number of nitrogens with one attached hydrogen (secondary N) is 1. The van der Waals surface area contributed by atoms with Crippen LogP contribution in [0.3, 0.4) is 0 Å². The van der Waals surface area contributed by atoms with Gasteiger partial charge in [0.25, 0.3) is 10.2 Å². The highest BCUT2D eigenvalue weighted by molar-refractivity contribution is 7.87. The Morgan fingerprint density at radius 1 is 1.58 bits per heavy atom. The van der Waals surface area contributed by atoms with E-state index in [-0.39, 0.29) is 12.5 Å². The topological polar surface area (TPSA) is 93.2 Å². The van der Waals surface area contributed by atoms with Crippen LogP contribution in [-0.2, 0) is 23.8 Å². The Hall–Kier alpha value is -0.960. The Kier molecular flexibility index (Phi) is 4.56. The van der Waals surface area contributed by atoms with Crippen LogP contribution in [0.5, 0.6) is 0 Å². The number of nitrogens with zero attached hydrogens (tertiary/aromatic N) is 3. The Bertz CT molecular complexity index is 513. The van der Waals surface area contributed by atoms with Gasteiger partial charge in [0.2, 0.25) is 0 Å². The molecule has 0 radical (unpaired) electrons. The maximum absolute atomic E-state index is 12.2. The molecule has 1 aliphatic rings. The maximum atomic E-state index is 12.2. The summed E-state index contributed by atoms with van der Waals surface area (Å²) in [7, 11) is -1.61. The molecule has 1 saturated heterocycles. The van der Waals surface area contributed by atoms with Crippen LogP contribution < -0.4 is 10.5 Å². The first kappa shape index (κ1) is 14.4. The fourth-order valence-electron chi connectivity index (χ4n) is 2.25. The average molecular weight is 287 g/mol. The number of piperidine rings is 1. The molecule has 0 aromatic carbocycles. The van der Waals surface area contributed by atoms with Crippen molar-refractivity contribution in [2.75, 3.05) is 19.6 Å². The van der Waals surface area contributed by atoms with Crippen LogP contribution in [0.4, 0.5) is 0 Å². The van der Waals surface area contributed by atoms with E-state index in [0.29, 0.717) is 25.5 Å². The largest absolute Gasteiger partial charge is 0.337 e. The molecule has 1 aromatic heterocycles. The first-order valence-electron chi connectivity index (χ1n) is 6.44. The lowest BCUT2D eigenvalue weighted by molar-refractivity contribution is 0.268. The van der Waals surface area contributed by atoms with E-state index in [1.54, 1.807) is 17.0 Å². The highest BCUT2D eigenvalue weighted by atomic mass is 32.2. The summed E-state index contributed by atoms with van der Waals surface area (Å²) in [6, 6.07) is 0. The summed E-state index contributed by atoms with van der Waals surface area (Å²) in [5.41, 5.74) is 5.62. The summed E-state index contributed by atoms with van der Waals surface area (Å²) < 4.78 is 30.2. The molecule has 0 bridgehead atoms. The predicted molar refractivity (Wildman–Crippen MR) is 72.3 cm³/mol. The van der Waals surface area contributed by atoms with Crippen molar-refractivity contribution in [1.82, 2.24) is 18.6 Å². The Morgan fingerprint density at radius 3 is 3.00 bits per heavy atom. The first-order chi connectivity index (χ1) is 9.03. The van der Waals surface area contributed by atoms with Crippen molar-refractivity contribution in [3.05, 3.63) is 18.2 Å². The third kappa shape index (κ3) is 3.53. The van der Waals surface area contributed by atoms with Crippen LogP contribution >= 0.6 is 0 Å². The second kappa shape index (κ2) is 6.00. The third-order valence-corrected chi connectivity index (χ3v) is 5.01. The van der Waals surface area contributed by atoms with E-state index < -0.39 is 10.2 Å². The standard InChI is InChI=1S/C11H21N5O2S/c1-15-6-4-13-11(15)8-14-19(17,18)16-5-2-3-10(7-12)9-16/h4,6,10,14H,2-3,5,7-9,12H2,1H3. The van der Waals surface area contributed by atoms with Gasteiger partial charge in [-0.1, -0.05) is 0 Å². The van der Waals surface area contributed by atoms with Crippen LogP contribution in [-0.4, -0.2) is 41.9 Å². The summed E-state index contributed by atoms with van der Waals surface area (Å²) in [6.45, 7) is 1.81. The molecule has 2 heterocycles. The first-order valence-corrected chi connectivity index (χ1v) is 7.88. The maximum Gasteiger partial charge on any atom is 0.279 e. The van der Waals surface area contributed by atoms with E-state index in [9.17, 15) is 8.42 Å². The molecule has 8 heteroatoms. The fourth-order valence-corrected chi connectivity index (χ4v) is 3.52. The Morgan fingerprint density at radius 2 is 2.37 bits per heavy atom. The third-order valence-electron chi connectivity index (χ3n) is 3.49. The van der Waals surface area contributed by atoms with E-state index in [1.807, 2.05) is 7.05 Å². The molecule has 2 rings (SSSR count). The highest BCUT2D eigenvalue weighted by Crippen LogP contribution is 2.17. The van der Waals surface area contributed by atoms with Crippen molar-refractivity contribution in [3.8, 4) is 0 Å². The second-order valence-electron chi connectivity index (χ2n) is 4.88. The van der Waals surface area contributed by atoms with Gasteiger partial charge in [-0.15, -0.1) is 0 Å². The summed E-state index contributed by atoms with van der Waals surface area (Å²) in [6.07, 6.45) is 5.30. The average Bonchev–Trinajstić information content (AvgIpc) is 2.82. The van der Waals surface area contributed by atoms with Crippen LogP contribution in [0.15, 0.2) is 12.4 Å². The monoisotopic (exact) mass is 287 g/mol. The smallest absolute Gasteiger partial charge is 0.279 e. The van der Waals surface area contributed by atoms with Crippen molar-refractivity contribution >= 4 is 10.2 Å². The number of hydrogen-bond donors (Lipinski definition) is 2. The minimum atomic E-state index is -3.44. The van der Waals surface area contributed by atoms with Gasteiger partial charge in [-0.2, -0.15) is 17.4 Å². The molecule has 0 amide bonds. The van der Waals surface area contributed by atoms with Gasteiger partial charge in [-0.05, 0) is 25.3 Å². The van der Waals surface area contributed by atoms with E-state index in [1.165, 1.54) is 4.31 Å². The van der Waals surface area contributed by atoms with E-state index in [0.717, 1.165) is 12.8 Å². The zero-order valence-corrected chi connectivity index (χ0v) is 11.9. The van der Waals surface area contributed by atoms with Gasteiger partial charge in [0.1, 0.15) is 5.82 Å². The van der Waals surface area contributed by atoms with Gasteiger partial charge in [0.05, 0.1) is 6.54 Å². The molecule has 0 saturated carbocycles. The zero-order valence-electron chi connectivity index (χ0n) is 11.1. The minimum Gasteiger partial charge on any atom is -0.337 e. The molecule has 0 aliphatic carbocycles. The summed E-state index contributed by atoms with van der Waals surface area (Å²) >= 11 is 0. The Labute approximate surface area is 114 Å². The van der Waals surface area contributed by atoms with E-state index in [2.05, 4.69) is 9.71 Å². The lowest BCUT2D eigenvalue weighted by atomic mass is 10.0. The molecule has 1 unspecified atom stereocenters. The van der Waals surface area contributed by atoms with Crippen LogP contribution in [0.2, 0.25) is 0 Å². The molecular weight excluding hydrogens is 266 g/mol. The molecule has 7 nitrogen and oxygen atoms in total. The summed E-state index contributed by atoms with van der Waals surface area (Å²) in [5, 5.41) is 0. The number of hydrogen-bond acceptors (Lipinski definition) is 4. The van der Waals surface area contributed by atoms with E-state index >= 15 is 0 Å². The summed E-state index contributed by atoms with van der Waals surface area (Å²) in [4.78, 5) is 4.09. The van der Waals surface area contributed by atoms with Crippen molar-refractivity contribution in [2.45, 2.75) is 19.4 Å². The van der Waals surface area contributed by atoms with Crippen molar-refractivity contribution in [1.29, 1.82) is 0 Å². The second-order valence-corrected chi connectivity index (χ2v) is 6.64. The van der Waals surface area contributed by atoms with E-state index in [4.69, 9.17) is 5.73 Å². The van der Waals surface area contributed by atoms with Gasteiger partial charge in [0.15, 0.2) is 0 Å². The van der Waals surface area contributed by atoms with Crippen LogP contribution in [0.1, 0.15) is 18.7 Å². The number of imidazole rings is 1. The Balaban J connectivity index is 1.96. The van der Waals surface area contributed by atoms with Crippen molar-refractivity contribution < 1.29 is 8.42 Å². The van der Waals surface area contributed by atoms with Gasteiger partial charge in [0, 0.05) is 32.5 Å². The van der Waals surface area contributed by atoms with Crippen molar-refractivity contribution in [2.24, 2.45) is 18.7 Å². The van der Waals surface area contributed by atoms with Gasteiger partial charge in [-0.3, -0.25) is 0 Å². The lowest BCUT2D eigenvalue weighted by Crippen LogP contribution is -2.47. The predicted octanol–water partition coefficient (Wildman–Crippen LogP) is -0.575. The quantitative estimate of drug-likeness (QED) is 0.758. The minimum absolute atomic E-state index is 0.204. The number of aryl methyl sites for hydroxylation is 1. The SMILES string of the molecule is Cn1ccnc1CNS(=O)(=O)N1CCCC(CN)C1. The van der Waals surface area contributed by atoms with Gasteiger partial charge in [-0.25, -0.2) is 4.98 Å². The highest BCUT2D eigenvalue weighted by Gasteiger charge is 2.28. The summed E-state index contributed by atoms with van der Waals surface area (Å²) in [5.74, 6) is 0.953. The molecule has 1 fully saturated rings. The van der Waals surface area contributed by atoms with Gasteiger partial charge < -0.3 is 10.3 Å². The lowest BCUT2D eigenvalue weighted by Gasteiger charge is -2.31. The molecule has 1 aromatic rings. The number of aromatic nitrogens is 2. The normalized spacial score (nSPS) is 21.7. The van der Waals surface area contributed by atoms with Crippen LogP contribution in [0, 0.1) is 5.92 Å². The van der Waals surface area contributed by atoms with Crippen LogP contribution in [0.25, 0.3) is 0 Å². The zero-order chi connectivity index (χ0) is 13.9. The molecule has 1 atom stereocenters. The molecule has 0 spiro atoms. The molecule has 19 heavy (non-hydrogen) atoms. The molecule has 3 N–H and O–H groups in total. The van der Waals surface area contributed by atoms with Crippen molar-refractivity contribution in [3.63, 3.8) is 0 Å². The number of nitrogens with two attached hydrogens (primary N) is 1. The molecule has 1 aliphatic heterocycles. The van der Waals surface area contributed by atoms with Gasteiger partial charge >= 0.3 is 0 Å². The fraction of sp³-hybridized carbons (Fsp3) is 0.727. The number of rotatable bonds is 5. The molecule has 108 valence electrons. The molecular formula is C11H21N5O2S.